The van der Waals surface area contributed by atoms with Gasteiger partial charge in [0, 0.05) is 5.56 Å². The standard InChI is InChI=1S/C14H9ClF4O/c1-8-2-7-11(15)12(13(8)16)9-3-5-10(6-4-9)20-14(17,18)19/h2-7H,1H3. The molecule has 0 aliphatic carbocycles. The lowest BCUT2D eigenvalue weighted by molar-refractivity contribution is -0.274. The van der Waals surface area contributed by atoms with Crippen molar-refractivity contribution in [2.45, 2.75) is 13.3 Å². The van der Waals surface area contributed by atoms with E-state index in [-0.39, 0.29) is 16.3 Å². The van der Waals surface area contributed by atoms with Crippen LogP contribution in [0.2, 0.25) is 5.02 Å². The van der Waals surface area contributed by atoms with Crippen molar-refractivity contribution in [3.63, 3.8) is 0 Å². The average molecular weight is 305 g/mol. The van der Waals surface area contributed by atoms with Gasteiger partial charge in [-0.2, -0.15) is 0 Å². The molecule has 0 saturated carbocycles. The van der Waals surface area contributed by atoms with Gasteiger partial charge in [0.15, 0.2) is 0 Å². The highest BCUT2D eigenvalue weighted by atomic mass is 35.5. The molecule has 0 aliphatic heterocycles. The van der Waals surface area contributed by atoms with Crippen LogP contribution in [-0.4, -0.2) is 6.36 Å². The number of rotatable bonds is 2. The summed E-state index contributed by atoms with van der Waals surface area (Å²) in [6.45, 7) is 1.58. The van der Waals surface area contributed by atoms with Crippen molar-refractivity contribution in [1.82, 2.24) is 0 Å². The molecule has 0 fully saturated rings. The molecule has 0 amide bonds. The number of halogens is 5. The molecule has 0 radical (unpaired) electrons. The molecule has 2 rings (SSSR count). The Morgan fingerprint density at radius 2 is 1.60 bits per heavy atom. The van der Waals surface area contributed by atoms with Gasteiger partial charge in [0.2, 0.25) is 0 Å². The normalized spacial score (nSPS) is 11.5. The molecule has 0 saturated heterocycles. The van der Waals surface area contributed by atoms with Crippen LogP contribution in [0.25, 0.3) is 11.1 Å². The Morgan fingerprint density at radius 1 is 1.00 bits per heavy atom. The maximum Gasteiger partial charge on any atom is 0.573 e. The highest BCUT2D eigenvalue weighted by Crippen LogP contribution is 2.33. The zero-order chi connectivity index (χ0) is 14.9. The lowest BCUT2D eigenvalue weighted by atomic mass is 10.0. The van der Waals surface area contributed by atoms with Crippen molar-refractivity contribution >= 4 is 11.6 Å². The number of ether oxygens (including phenoxy) is 1. The smallest absolute Gasteiger partial charge is 0.406 e. The monoisotopic (exact) mass is 304 g/mol. The summed E-state index contributed by atoms with van der Waals surface area (Å²) >= 11 is 5.93. The minimum absolute atomic E-state index is 0.158. The molecule has 2 aromatic rings. The Hall–Kier alpha value is -1.75. The molecule has 0 spiro atoms. The summed E-state index contributed by atoms with van der Waals surface area (Å²) in [7, 11) is 0. The summed E-state index contributed by atoms with van der Waals surface area (Å²) in [5.41, 5.74) is 0.941. The Labute approximate surface area is 117 Å². The van der Waals surface area contributed by atoms with Crippen molar-refractivity contribution in [2.24, 2.45) is 0 Å². The fourth-order valence-electron chi connectivity index (χ4n) is 1.74. The van der Waals surface area contributed by atoms with Gasteiger partial charge in [-0.05, 0) is 36.2 Å². The van der Waals surface area contributed by atoms with Gasteiger partial charge in [-0.1, -0.05) is 29.8 Å². The van der Waals surface area contributed by atoms with Gasteiger partial charge in [-0.3, -0.25) is 0 Å². The topological polar surface area (TPSA) is 9.23 Å². The number of hydrogen-bond acceptors (Lipinski definition) is 1. The van der Waals surface area contributed by atoms with Crippen LogP contribution in [0.4, 0.5) is 17.6 Å². The largest absolute Gasteiger partial charge is 0.573 e. The molecule has 1 nitrogen and oxygen atoms in total. The van der Waals surface area contributed by atoms with Crippen molar-refractivity contribution in [2.75, 3.05) is 0 Å². The minimum atomic E-state index is -4.76. The van der Waals surface area contributed by atoms with E-state index in [2.05, 4.69) is 4.74 Å². The molecule has 6 heteroatoms. The second-order valence-electron chi connectivity index (χ2n) is 4.13. The summed E-state index contributed by atoms with van der Waals surface area (Å²) in [5.74, 6) is -0.868. The Morgan fingerprint density at radius 3 is 2.15 bits per heavy atom. The zero-order valence-corrected chi connectivity index (χ0v) is 11.0. The van der Waals surface area contributed by atoms with E-state index in [9.17, 15) is 17.6 Å². The van der Waals surface area contributed by atoms with Gasteiger partial charge in [-0.25, -0.2) is 4.39 Å². The van der Waals surface area contributed by atoms with E-state index in [1.54, 1.807) is 6.92 Å². The molecule has 106 valence electrons. The molecular weight excluding hydrogens is 296 g/mol. The van der Waals surface area contributed by atoms with Crippen LogP contribution >= 0.6 is 11.6 Å². The molecule has 0 atom stereocenters. The maximum absolute atomic E-state index is 14.0. The van der Waals surface area contributed by atoms with Gasteiger partial charge in [-0.15, -0.1) is 13.2 Å². The predicted octanol–water partition coefficient (Wildman–Crippen LogP) is 5.35. The van der Waals surface area contributed by atoms with Crippen LogP contribution in [0.3, 0.4) is 0 Å². The van der Waals surface area contributed by atoms with Gasteiger partial charge < -0.3 is 4.74 Å². The third-order valence-electron chi connectivity index (χ3n) is 2.66. The summed E-state index contributed by atoms with van der Waals surface area (Å²) in [6, 6.07) is 7.94. The van der Waals surface area contributed by atoms with Crippen molar-refractivity contribution in [3.8, 4) is 16.9 Å². The first kappa shape index (κ1) is 14.7. The summed E-state index contributed by atoms with van der Waals surface area (Å²) in [5, 5.41) is 0.192. The second-order valence-corrected chi connectivity index (χ2v) is 4.53. The van der Waals surface area contributed by atoms with E-state index >= 15 is 0 Å². The lowest BCUT2D eigenvalue weighted by Crippen LogP contribution is -2.16. The van der Waals surface area contributed by atoms with E-state index in [1.807, 2.05) is 0 Å². The van der Waals surface area contributed by atoms with Crippen molar-refractivity contribution < 1.29 is 22.3 Å². The zero-order valence-electron chi connectivity index (χ0n) is 10.3. The molecule has 0 N–H and O–H groups in total. The third-order valence-corrected chi connectivity index (χ3v) is 2.98. The highest BCUT2D eigenvalue weighted by molar-refractivity contribution is 6.33. The molecule has 0 aromatic heterocycles. The molecule has 0 bridgehead atoms. The third kappa shape index (κ3) is 3.22. The van der Waals surface area contributed by atoms with E-state index in [1.165, 1.54) is 24.3 Å². The van der Waals surface area contributed by atoms with Crippen LogP contribution in [0.5, 0.6) is 5.75 Å². The van der Waals surface area contributed by atoms with Crippen molar-refractivity contribution in [1.29, 1.82) is 0 Å². The predicted molar refractivity (Wildman–Crippen MR) is 68.3 cm³/mol. The van der Waals surface area contributed by atoms with E-state index in [0.717, 1.165) is 12.1 Å². The van der Waals surface area contributed by atoms with Crippen LogP contribution in [0.15, 0.2) is 36.4 Å². The Kier molecular flexibility index (Phi) is 3.90. The second kappa shape index (κ2) is 5.32. The fourth-order valence-corrected chi connectivity index (χ4v) is 2.00. The molecule has 0 heterocycles. The van der Waals surface area contributed by atoms with Gasteiger partial charge in [0.05, 0.1) is 5.02 Å². The Bertz CT molecular complexity index is 620. The van der Waals surface area contributed by atoms with Crippen LogP contribution < -0.4 is 4.74 Å². The van der Waals surface area contributed by atoms with Gasteiger partial charge in [0.1, 0.15) is 11.6 Å². The molecule has 0 unspecified atom stereocenters. The van der Waals surface area contributed by atoms with Gasteiger partial charge >= 0.3 is 6.36 Å². The maximum atomic E-state index is 14.0. The summed E-state index contributed by atoms with van der Waals surface area (Å²) < 4.78 is 53.9. The van der Waals surface area contributed by atoms with E-state index < -0.39 is 12.2 Å². The first-order valence-corrected chi connectivity index (χ1v) is 5.96. The van der Waals surface area contributed by atoms with E-state index in [4.69, 9.17) is 11.6 Å². The van der Waals surface area contributed by atoms with Crippen LogP contribution in [0.1, 0.15) is 5.56 Å². The summed E-state index contributed by atoms with van der Waals surface area (Å²) in [4.78, 5) is 0. The fraction of sp³-hybridized carbons (Fsp3) is 0.143. The van der Waals surface area contributed by atoms with E-state index in [0.29, 0.717) is 11.1 Å². The molecule has 2 aromatic carbocycles. The quantitative estimate of drug-likeness (QED) is 0.679. The first-order valence-electron chi connectivity index (χ1n) is 5.59. The average Bonchev–Trinajstić information content (AvgIpc) is 2.35. The number of aryl methyl sites for hydroxylation is 1. The molecule has 20 heavy (non-hydrogen) atoms. The van der Waals surface area contributed by atoms with Crippen molar-refractivity contribution in [3.05, 3.63) is 52.8 Å². The van der Waals surface area contributed by atoms with Gasteiger partial charge in [0.25, 0.3) is 0 Å². The Balaban J connectivity index is 2.38. The van der Waals surface area contributed by atoms with Crippen LogP contribution in [-0.2, 0) is 0 Å². The number of alkyl halides is 3. The number of hydrogen-bond donors (Lipinski definition) is 0. The van der Waals surface area contributed by atoms with Crippen LogP contribution in [0, 0.1) is 12.7 Å². The molecule has 0 aliphatic rings. The number of benzene rings is 2. The first-order chi connectivity index (χ1) is 9.28. The minimum Gasteiger partial charge on any atom is -0.406 e. The molecular formula is C14H9ClF4O. The lowest BCUT2D eigenvalue weighted by Gasteiger charge is -2.11. The highest BCUT2D eigenvalue weighted by Gasteiger charge is 2.31. The SMILES string of the molecule is Cc1ccc(Cl)c(-c2ccc(OC(F)(F)F)cc2)c1F. The summed E-state index contributed by atoms with van der Waals surface area (Å²) in [6.07, 6.45) is -4.76.